The number of hydrogen-bond acceptors (Lipinski definition) is 2. The Hall–Kier alpha value is -0.340. The molecule has 0 fully saturated rings. The lowest BCUT2D eigenvalue weighted by Gasteiger charge is -2.19. The van der Waals surface area contributed by atoms with Gasteiger partial charge in [-0.15, -0.1) is 0 Å². The van der Waals surface area contributed by atoms with Crippen LogP contribution in [0.5, 0.6) is 0 Å². The highest BCUT2D eigenvalue weighted by Gasteiger charge is 2.14. The molecular weight excluding hydrogens is 212 g/mol. The Bertz CT molecular complexity index is 155. The van der Waals surface area contributed by atoms with Gasteiger partial charge in [0.15, 0.2) is 6.29 Å². The number of hydrogen-bond donors (Lipinski definition) is 0. The van der Waals surface area contributed by atoms with E-state index in [1.54, 1.807) is 0 Å². The van der Waals surface area contributed by atoms with Crippen molar-refractivity contribution in [2.75, 3.05) is 6.61 Å². The van der Waals surface area contributed by atoms with Gasteiger partial charge in [0.25, 0.3) is 0 Å². The van der Waals surface area contributed by atoms with Crippen LogP contribution in [0.1, 0.15) is 67.2 Å². The Morgan fingerprint density at radius 1 is 1.18 bits per heavy atom. The largest absolute Gasteiger partial charge is 0.353 e. The lowest BCUT2D eigenvalue weighted by molar-refractivity contribution is -0.157. The van der Waals surface area contributed by atoms with Crippen LogP contribution in [0.15, 0.2) is 12.2 Å². The van der Waals surface area contributed by atoms with Gasteiger partial charge in [-0.2, -0.15) is 0 Å². The molecule has 0 amide bonds. The van der Waals surface area contributed by atoms with Gasteiger partial charge in [-0.25, -0.2) is 0 Å². The predicted octanol–water partition coefficient (Wildman–Crippen LogP) is 4.94. The Balaban J connectivity index is 0. The maximum atomic E-state index is 5.69. The van der Waals surface area contributed by atoms with Gasteiger partial charge in [0, 0.05) is 6.61 Å². The molecule has 0 bridgehead atoms. The summed E-state index contributed by atoms with van der Waals surface area (Å²) in [6.45, 7) is 13.1. The van der Waals surface area contributed by atoms with Gasteiger partial charge in [0.1, 0.15) is 0 Å². The molecular formula is C15H32O2. The normalized spacial score (nSPS) is 18.8. The zero-order chi connectivity index (χ0) is 13.5. The summed E-state index contributed by atoms with van der Waals surface area (Å²) in [5, 5.41) is 0. The molecule has 0 aliphatic heterocycles. The number of rotatable bonds is 5. The monoisotopic (exact) mass is 244 g/mol. The molecule has 0 aromatic heterocycles. The fourth-order valence-corrected chi connectivity index (χ4v) is 1.35. The molecule has 0 radical (unpaired) electrons. The SMILES string of the molecule is CC.CCC.CCOC(CC)OC1C=CCC1. The van der Waals surface area contributed by atoms with Crippen LogP contribution >= 0.6 is 0 Å². The maximum absolute atomic E-state index is 5.69. The van der Waals surface area contributed by atoms with Crippen LogP contribution in [-0.4, -0.2) is 19.0 Å². The van der Waals surface area contributed by atoms with Crippen LogP contribution in [-0.2, 0) is 9.47 Å². The van der Waals surface area contributed by atoms with Crippen LogP contribution in [0.4, 0.5) is 0 Å². The quantitative estimate of drug-likeness (QED) is 0.504. The van der Waals surface area contributed by atoms with Gasteiger partial charge in [-0.05, 0) is 26.2 Å². The summed E-state index contributed by atoms with van der Waals surface area (Å²) in [4.78, 5) is 0. The van der Waals surface area contributed by atoms with Gasteiger partial charge in [0.05, 0.1) is 6.10 Å². The van der Waals surface area contributed by atoms with Crippen molar-refractivity contribution in [1.29, 1.82) is 0 Å². The van der Waals surface area contributed by atoms with Crippen molar-refractivity contribution in [3.05, 3.63) is 12.2 Å². The third-order valence-corrected chi connectivity index (χ3v) is 1.98. The standard InChI is InChI=1S/C10H18O2.C3H8.C2H6/c1-3-10(11-4-2)12-9-7-5-6-8-9;1-3-2;1-2/h5,7,9-10H,3-4,6,8H2,1-2H3;3H2,1-2H3;1-2H3. The Morgan fingerprint density at radius 3 is 2.12 bits per heavy atom. The molecule has 0 saturated carbocycles. The summed E-state index contributed by atoms with van der Waals surface area (Å²) in [5.41, 5.74) is 0. The van der Waals surface area contributed by atoms with Gasteiger partial charge < -0.3 is 9.47 Å². The van der Waals surface area contributed by atoms with Crippen LogP contribution in [0, 0.1) is 0 Å². The minimum atomic E-state index is -0.0113. The Morgan fingerprint density at radius 2 is 1.76 bits per heavy atom. The smallest absolute Gasteiger partial charge is 0.158 e. The van der Waals surface area contributed by atoms with E-state index in [-0.39, 0.29) is 6.29 Å². The minimum Gasteiger partial charge on any atom is -0.353 e. The molecule has 0 aromatic rings. The second-order valence-corrected chi connectivity index (χ2v) is 3.68. The van der Waals surface area contributed by atoms with Gasteiger partial charge in [-0.3, -0.25) is 0 Å². The third kappa shape index (κ3) is 11.9. The molecule has 0 spiro atoms. The van der Waals surface area contributed by atoms with Crippen molar-refractivity contribution in [3.8, 4) is 0 Å². The lowest BCUT2D eigenvalue weighted by Crippen LogP contribution is -2.21. The first-order chi connectivity index (χ1) is 8.28. The first kappa shape index (κ1) is 19.0. The molecule has 0 aromatic carbocycles. The molecule has 1 aliphatic rings. The summed E-state index contributed by atoms with van der Waals surface area (Å²) in [5.74, 6) is 0. The zero-order valence-corrected chi connectivity index (χ0v) is 12.7. The highest BCUT2D eigenvalue weighted by molar-refractivity contribution is 4.97. The van der Waals surface area contributed by atoms with E-state index in [9.17, 15) is 0 Å². The van der Waals surface area contributed by atoms with Crippen LogP contribution in [0.2, 0.25) is 0 Å². The molecule has 1 rings (SSSR count). The maximum Gasteiger partial charge on any atom is 0.158 e. The number of ether oxygens (including phenoxy) is 2. The third-order valence-electron chi connectivity index (χ3n) is 1.98. The van der Waals surface area contributed by atoms with Gasteiger partial charge >= 0.3 is 0 Å². The Kier molecular flexibility index (Phi) is 17.5. The molecule has 2 atom stereocenters. The van der Waals surface area contributed by atoms with Crippen LogP contribution < -0.4 is 0 Å². The van der Waals surface area contributed by atoms with E-state index in [0.29, 0.717) is 6.10 Å². The lowest BCUT2D eigenvalue weighted by atomic mass is 10.3. The van der Waals surface area contributed by atoms with Crippen molar-refractivity contribution in [2.45, 2.75) is 79.6 Å². The molecule has 104 valence electrons. The Labute approximate surface area is 108 Å². The van der Waals surface area contributed by atoms with Crippen LogP contribution in [0.3, 0.4) is 0 Å². The summed E-state index contributed by atoms with van der Waals surface area (Å²) in [7, 11) is 0. The van der Waals surface area contributed by atoms with Crippen LogP contribution in [0.25, 0.3) is 0 Å². The highest BCUT2D eigenvalue weighted by Crippen LogP contribution is 2.16. The molecule has 0 heterocycles. The molecule has 0 N–H and O–H groups in total. The topological polar surface area (TPSA) is 18.5 Å². The van der Waals surface area contributed by atoms with Gasteiger partial charge in [-0.1, -0.05) is 53.2 Å². The van der Waals surface area contributed by atoms with E-state index >= 15 is 0 Å². The van der Waals surface area contributed by atoms with E-state index in [1.807, 2.05) is 20.8 Å². The zero-order valence-electron chi connectivity index (χ0n) is 12.7. The van der Waals surface area contributed by atoms with E-state index in [2.05, 4.69) is 32.9 Å². The molecule has 0 saturated heterocycles. The average Bonchev–Trinajstić information content (AvgIpc) is 2.85. The minimum absolute atomic E-state index is 0.0113. The van der Waals surface area contributed by atoms with E-state index in [4.69, 9.17) is 9.47 Å². The molecule has 1 aliphatic carbocycles. The van der Waals surface area contributed by atoms with Crippen molar-refractivity contribution in [1.82, 2.24) is 0 Å². The van der Waals surface area contributed by atoms with Gasteiger partial charge in [0.2, 0.25) is 0 Å². The second kappa shape index (κ2) is 15.7. The van der Waals surface area contributed by atoms with Crippen molar-refractivity contribution in [3.63, 3.8) is 0 Å². The van der Waals surface area contributed by atoms with Crippen molar-refractivity contribution >= 4 is 0 Å². The summed E-state index contributed by atoms with van der Waals surface area (Å²) < 4.78 is 11.1. The summed E-state index contributed by atoms with van der Waals surface area (Å²) in [6, 6.07) is 0. The van der Waals surface area contributed by atoms with E-state index in [0.717, 1.165) is 25.9 Å². The fourth-order valence-electron chi connectivity index (χ4n) is 1.35. The molecule has 17 heavy (non-hydrogen) atoms. The predicted molar refractivity (Wildman–Crippen MR) is 76.3 cm³/mol. The molecule has 2 nitrogen and oxygen atoms in total. The first-order valence-corrected chi connectivity index (χ1v) is 7.22. The molecule has 2 unspecified atom stereocenters. The van der Waals surface area contributed by atoms with Crippen molar-refractivity contribution in [2.24, 2.45) is 0 Å². The van der Waals surface area contributed by atoms with E-state index < -0.39 is 0 Å². The second-order valence-electron chi connectivity index (χ2n) is 3.68. The first-order valence-electron chi connectivity index (χ1n) is 7.22. The number of allylic oxidation sites excluding steroid dienone is 1. The van der Waals surface area contributed by atoms with Crippen molar-refractivity contribution < 1.29 is 9.47 Å². The van der Waals surface area contributed by atoms with E-state index in [1.165, 1.54) is 6.42 Å². The highest BCUT2D eigenvalue weighted by atomic mass is 16.7. The average molecular weight is 244 g/mol. The fraction of sp³-hybridized carbons (Fsp3) is 0.867. The molecule has 2 heteroatoms. The summed E-state index contributed by atoms with van der Waals surface area (Å²) in [6.07, 6.45) is 9.02. The summed E-state index contributed by atoms with van der Waals surface area (Å²) >= 11 is 0.